The van der Waals surface area contributed by atoms with Crippen molar-refractivity contribution in [3.8, 4) is 0 Å². The molecule has 1 fully saturated rings. The van der Waals surface area contributed by atoms with E-state index in [9.17, 15) is 9.59 Å². The Bertz CT molecular complexity index is 673. The summed E-state index contributed by atoms with van der Waals surface area (Å²) >= 11 is 0. The molecule has 1 saturated heterocycles. The van der Waals surface area contributed by atoms with Crippen LogP contribution in [0.15, 0.2) is 34.1 Å². The van der Waals surface area contributed by atoms with Crippen molar-refractivity contribution in [2.24, 2.45) is 11.8 Å². The molecule has 2 aliphatic heterocycles. The van der Waals surface area contributed by atoms with Gasteiger partial charge < -0.3 is 19.8 Å². The number of rotatable bonds is 5. The molecule has 2 aliphatic rings. The fourth-order valence-electron chi connectivity index (χ4n) is 4.01. The van der Waals surface area contributed by atoms with Crippen LogP contribution in [0.5, 0.6) is 0 Å². The highest BCUT2D eigenvalue weighted by atomic mass is 16.5. The van der Waals surface area contributed by atoms with Gasteiger partial charge in [-0.2, -0.15) is 0 Å². The number of furan rings is 1. The predicted molar refractivity (Wildman–Crippen MR) is 96.2 cm³/mol. The van der Waals surface area contributed by atoms with Crippen LogP contribution < -0.4 is 10.6 Å². The number of hydrogen-bond donors (Lipinski definition) is 2. The molecule has 0 aliphatic carbocycles. The monoisotopic (exact) mass is 361 g/mol. The quantitative estimate of drug-likeness (QED) is 0.787. The number of esters is 1. The van der Waals surface area contributed by atoms with E-state index in [1.165, 1.54) is 12.7 Å². The highest BCUT2D eigenvalue weighted by molar-refractivity contribution is 5.95. The van der Waals surface area contributed by atoms with Gasteiger partial charge in [0.2, 0.25) is 0 Å². The highest BCUT2D eigenvalue weighted by Crippen LogP contribution is 2.29. The normalized spacial score (nSPS) is 27.0. The van der Waals surface area contributed by atoms with Crippen molar-refractivity contribution < 1.29 is 18.7 Å². The zero-order valence-corrected chi connectivity index (χ0v) is 15.6. The van der Waals surface area contributed by atoms with Gasteiger partial charge in [0.1, 0.15) is 11.8 Å². The van der Waals surface area contributed by atoms with Crippen molar-refractivity contribution in [3.63, 3.8) is 0 Å². The molecule has 2 amide bonds. The molecule has 1 aromatic rings. The van der Waals surface area contributed by atoms with Crippen LogP contribution in [0.2, 0.25) is 0 Å². The van der Waals surface area contributed by atoms with Crippen molar-refractivity contribution in [1.82, 2.24) is 15.5 Å². The first-order valence-electron chi connectivity index (χ1n) is 9.21. The second kappa shape index (κ2) is 7.95. The number of ether oxygens (including phenoxy) is 1. The van der Waals surface area contributed by atoms with Gasteiger partial charge in [-0.05, 0) is 37.3 Å². The van der Waals surface area contributed by atoms with E-state index in [1.807, 2.05) is 0 Å². The maximum atomic E-state index is 12.7. The summed E-state index contributed by atoms with van der Waals surface area (Å²) in [4.78, 5) is 27.2. The zero-order chi connectivity index (χ0) is 18.7. The molecule has 7 heteroatoms. The number of amides is 2. The molecule has 1 aromatic heterocycles. The first kappa shape index (κ1) is 18.5. The molecule has 26 heavy (non-hydrogen) atoms. The summed E-state index contributed by atoms with van der Waals surface area (Å²) in [5, 5.41) is 5.59. The average Bonchev–Trinajstić information content (AvgIpc) is 3.07. The lowest BCUT2D eigenvalue weighted by Gasteiger charge is -2.37. The SMILES string of the molecule is CCOC(=O)C1=C(CN2C[C@@H](C)C[C@H](C)C2)NC(=O)N[C@H]1c1ccco1. The second-order valence-corrected chi connectivity index (χ2v) is 7.30. The molecule has 0 bridgehead atoms. The minimum absolute atomic E-state index is 0.270. The lowest BCUT2D eigenvalue weighted by Crippen LogP contribution is -2.50. The van der Waals surface area contributed by atoms with Gasteiger partial charge in [0, 0.05) is 25.3 Å². The molecule has 0 saturated carbocycles. The van der Waals surface area contributed by atoms with Crippen LogP contribution in [0.25, 0.3) is 0 Å². The molecule has 0 aromatic carbocycles. The third kappa shape index (κ3) is 4.09. The standard InChI is InChI=1S/C19H27N3O4/c1-4-25-18(23)16-14(11-22-9-12(2)8-13(3)10-22)20-19(24)21-17(16)15-6-5-7-26-15/h5-7,12-13,17H,4,8-11H2,1-3H3,(H2,20,21,24)/t12-,13-,17-/m0/s1. The Morgan fingerprint density at radius 2 is 2.08 bits per heavy atom. The van der Waals surface area contributed by atoms with E-state index < -0.39 is 12.0 Å². The molecule has 0 spiro atoms. The van der Waals surface area contributed by atoms with E-state index in [0.717, 1.165) is 13.1 Å². The van der Waals surface area contributed by atoms with Gasteiger partial charge in [-0.1, -0.05) is 13.8 Å². The fourth-order valence-corrected chi connectivity index (χ4v) is 4.01. The van der Waals surface area contributed by atoms with E-state index in [1.54, 1.807) is 19.1 Å². The molecular weight excluding hydrogens is 334 g/mol. The van der Waals surface area contributed by atoms with Crippen LogP contribution >= 0.6 is 0 Å². The Morgan fingerprint density at radius 3 is 2.69 bits per heavy atom. The van der Waals surface area contributed by atoms with E-state index >= 15 is 0 Å². The minimum Gasteiger partial charge on any atom is -0.467 e. The molecule has 0 radical (unpaired) electrons. The molecule has 142 valence electrons. The maximum absolute atomic E-state index is 12.7. The number of piperidine rings is 1. The van der Waals surface area contributed by atoms with Gasteiger partial charge in [0.05, 0.1) is 18.4 Å². The number of likely N-dealkylation sites (tertiary alicyclic amines) is 1. The van der Waals surface area contributed by atoms with Crippen LogP contribution in [0.1, 0.15) is 39.0 Å². The lowest BCUT2D eigenvalue weighted by atomic mass is 9.91. The molecule has 3 heterocycles. The lowest BCUT2D eigenvalue weighted by molar-refractivity contribution is -0.139. The molecule has 0 unspecified atom stereocenters. The number of nitrogens with one attached hydrogen (secondary N) is 2. The Labute approximate surface area is 153 Å². The first-order valence-corrected chi connectivity index (χ1v) is 9.21. The van der Waals surface area contributed by atoms with Gasteiger partial charge >= 0.3 is 12.0 Å². The van der Waals surface area contributed by atoms with Gasteiger partial charge in [0.25, 0.3) is 0 Å². The van der Waals surface area contributed by atoms with Crippen LogP contribution in [0.3, 0.4) is 0 Å². The summed E-state index contributed by atoms with van der Waals surface area (Å²) < 4.78 is 10.7. The summed E-state index contributed by atoms with van der Waals surface area (Å²) in [6, 6.07) is 2.50. The third-order valence-corrected chi connectivity index (χ3v) is 4.80. The Balaban J connectivity index is 1.93. The number of carbonyl (C=O) groups excluding carboxylic acids is 2. The number of nitrogens with zero attached hydrogens (tertiary/aromatic N) is 1. The zero-order valence-electron chi connectivity index (χ0n) is 15.6. The van der Waals surface area contributed by atoms with Crippen molar-refractivity contribution in [2.75, 3.05) is 26.2 Å². The van der Waals surface area contributed by atoms with Crippen molar-refractivity contribution in [2.45, 2.75) is 33.2 Å². The van der Waals surface area contributed by atoms with Crippen LogP contribution in [0.4, 0.5) is 4.79 Å². The van der Waals surface area contributed by atoms with E-state index in [0.29, 0.717) is 35.4 Å². The molecule has 2 N–H and O–H groups in total. The highest BCUT2D eigenvalue weighted by Gasteiger charge is 2.36. The Hall–Kier alpha value is -2.28. The van der Waals surface area contributed by atoms with Gasteiger partial charge in [0.15, 0.2) is 0 Å². The Kier molecular flexibility index (Phi) is 5.66. The van der Waals surface area contributed by atoms with Crippen LogP contribution in [-0.2, 0) is 9.53 Å². The third-order valence-electron chi connectivity index (χ3n) is 4.80. The fraction of sp³-hybridized carbons (Fsp3) is 0.579. The van der Waals surface area contributed by atoms with Gasteiger partial charge in [-0.25, -0.2) is 9.59 Å². The largest absolute Gasteiger partial charge is 0.467 e. The van der Waals surface area contributed by atoms with Crippen LogP contribution in [-0.4, -0.2) is 43.1 Å². The van der Waals surface area contributed by atoms with E-state index in [4.69, 9.17) is 9.15 Å². The van der Waals surface area contributed by atoms with Crippen LogP contribution in [0, 0.1) is 11.8 Å². The summed E-state index contributed by atoms with van der Waals surface area (Å²) in [5.41, 5.74) is 1.00. The summed E-state index contributed by atoms with van der Waals surface area (Å²) in [6.07, 6.45) is 2.73. The smallest absolute Gasteiger partial charge is 0.338 e. The van der Waals surface area contributed by atoms with Crippen molar-refractivity contribution >= 4 is 12.0 Å². The maximum Gasteiger partial charge on any atom is 0.338 e. The minimum atomic E-state index is -0.646. The van der Waals surface area contributed by atoms with Crippen molar-refractivity contribution in [1.29, 1.82) is 0 Å². The summed E-state index contributed by atoms with van der Waals surface area (Å²) in [7, 11) is 0. The topological polar surface area (TPSA) is 83.8 Å². The number of urea groups is 1. The van der Waals surface area contributed by atoms with Gasteiger partial charge in [-0.15, -0.1) is 0 Å². The average molecular weight is 361 g/mol. The predicted octanol–water partition coefficient (Wildman–Crippen LogP) is 2.43. The van der Waals surface area contributed by atoms with Gasteiger partial charge in [-0.3, -0.25) is 4.90 Å². The Morgan fingerprint density at radius 1 is 1.35 bits per heavy atom. The van der Waals surface area contributed by atoms with E-state index in [2.05, 4.69) is 29.4 Å². The number of carbonyl (C=O) groups is 2. The molecular formula is C19H27N3O4. The first-order chi connectivity index (χ1) is 12.5. The second-order valence-electron chi connectivity index (χ2n) is 7.30. The molecule has 3 atom stereocenters. The molecule has 7 nitrogen and oxygen atoms in total. The van der Waals surface area contributed by atoms with E-state index in [-0.39, 0.29) is 12.6 Å². The van der Waals surface area contributed by atoms with Crippen molar-refractivity contribution in [3.05, 3.63) is 35.4 Å². The summed E-state index contributed by atoms with van der Waals surface area (Å²) in [5.74, 6) is 1.25. The molecule has 3 rings (SSSR count). The summed E-state index contributed by atoms with van der Waals surface area (Å²) in [6.45, 7) is 8.89. The number of hydrogen-bond acceptors (Lipinski definition) is 5.